The molecule has 0 atom stereocenters. The van der Waals surface area contributed by atoms with Gasteiger partial charge in [0.15, 0.2) is 0 Å². The molecule has 130 valence electrons. The van der Waals surface area contributed by atoms with Gasteiger partial charge in [0.1, 0.15) is 0 Å². The highest BCUT2D eigenvalue weighted by Gasteiger charge is 2.31. The molecule has 13 heteroatoms. The van der Waals surface area contributed by atoms with Gasteiger partial charge in [0, 0.05) is 0 Å². The second kappa shape index (κ2) is 13.7. The third-order valence-corrected chi connectivity index (χ3v) is 7.71. The predicted octanol–water partition coefficient (Wildman–Crippen LogP) is 2.96. The quantitative estimate of drug-likeness (QED) is 0.528. The average Bonchev–Trinajstić information content (AvgIpc) is 2.28. The zero-order valence-corrected chi connectivity index (χ0v) is 16.8. The van der Waals surface area contributed by atoms with Gasteiger partial charge >= 0.3 is 21.7 Å². The van der Waals surface area contributed by atoms with E-state index in [4.69, 9.17) is 60.4 Å². The second-order valence-corrected chi connectivity index (χ2v) is 9.65. The second-order valence-electron chi connectivity index (χ2n) is 2.93. The van der Waals surface area contributed by atoms with Gasteiger partial charge in [0.25, 0.3) is 0 Å². The molecule has 0 aliphatic carbocycles. The molecule has 8 nitrogen and oxygen atoms in total. The molecule has 0 radical (unpaired) electrons. The van der Waals surface area contributed by atoms with Gasteiger partial charge in [-0.25, -0.2) is 4.31 Å². The lowest BCUT2D eigenvalue weighted by Crippen LogP contribution is -2.03. The Morgan fingerprint density at radius 1 is 0.810 bits per heavy atom. The van der Waals surface area contributed by atoms with E-state index in [1.807, 2.05) is 27.7 Å². The molecule has 0 aromatic rings. The van der Waals surface area contributed by atoms with Crippen molar-refractivity contribution in [2.75, 3.05) is 26.4 Å². The van der Waals surface area contributed by atoms with Crippen LogP contribution < -0.4 is 0 Å². The van der Waals surface area contributed by atoms with E-state index in [0.29, 0.717) is 26.4 Å². The van der Waals surface area contributed by atoms with Crippen LogP contribution in [-0.2, 0) is 50.6 Å². The van der Waals surface area contributed by atoms with Crippen molar-refractivity contribution in [3.8, 4) is 0 Å². The molecule has 0 unspecified atom stereocenters. The Balaban J connectivity index is 0. The Labute approximate surface area is 136 Å². The van der Waals surface area contributed by atoms with Crippen LogP contribution in [0, 0.1) is 0 Å². The lowest BCUT2D eigenvalue weighted by Gasteiger charge is -2.27. The van der Waals surface area contributed by atoms with Gasteiger partial charge in [-0.3, -0.25) is 4.57 Å². The zero-order valence-electron chi connectivity index (χ0n) is 12.4. The number of rotatable bonds is 10. The Morgan fingerprint density at radius 2 is 1.00 bits per heavy atom. The lowest BCUT2D eigenvalue weighted by molar-refractivity contribution is 0.176. The fraction of sp³-hybridized carbons (Fsp3) is 1.00. The first-order valence-electron chi connectivity index (χ1n) is 6.10. The van der Waals surface area contributed by atoms with E-state index < -0.39 is 21.7 Å². The third kappa shape index (κ3) is 14.6. The largest absolute Gasteiger partial charge is 0.334 e. The highest BCUT2D eigenvalue weighted by molar-refractivity contribution is 8.14. The van der Waals surface area contributed by atoms with Crippen molar-refractivity contribution in [1.29, 1.82) is 0 Å². The Kier molecular flexibility index (Phi) is 15.9. The van der Waals surface area contributed by atoms with Crippen LogP contribution in [0.3, 0.4) is 0 Å². The summed E-state index contributed by atoms with van der Waals surface area (Å²) in [7, 11) is -3.13. The molecular weight excluding hydrogens is 381 g/mol. The van der Waals surface area contributed by atoms with E-state index in [-0.39, 0.29) is 0 Å². The van der Waals surface area contributed by atoms with Crippen LogP contribution in [0.25, 0.3) is 0 Å². The first-order chi connectivity index (χ1) is 9.68. The van der Waals surface area contributed by atoms with Crippen molar-refractivity contribution in [3.63, 3.8) is 0 Å². The van der Waals surface area contributed by atoms with Crippen LogP contribution in [-0.4, -0.2) is 36.2 Å². The van der Waals surface area contributed by atoms with Gasteiger partial charge in [-0.1, -0.05) is 0 Å². The van der Waals surface area contributed by atoms with Crippen LogP contribution >= 0.6 is 21.7 Å². The fourth-order valence-electron chi connectivity index (χ4n) is 0.924. The van der Waals surface area contributed by atoms with Crippen molar-refractivity contribution >= 4 is 45.3 Å². The standard InChI is InChI=1S/C8H20O5P2S2.H3O3P/c1-5-9-14(16,10-6-2)13-15(17,11-7-3)12-8-4;1-4(2)3/h5-8H2,1-4H3;4H,(H2,1,2,3). The van der Waals surface area contributed by atoms with Gasteiger partial charge in [-0.05, 0) is 51.3 Å². The average molecular weight is 404 g/mol. The maximum atomic E-state index is 8.74. The molecule has 0 fully saturated rings. The van der Waals surface area contributed by atoms with E-state index in [0.717, 1.165) is 0 Å². The molecule has 0 aliphatic rings. The summed E-state index contributed by atoms with van der Waals surface area (Å²) in [4.78, 5) is 14.3. The SMILES string of the molecule is CCOP(=S)(OCC)OP(=S)(OCC)OCC.O=[PH](O)O. The highest BCUT2D eigenvalue weighted by atomic mass is 32.5. The van der Waals surface area contributed by atoms with E-state index in [1.165, 1.54) is 0 Å². The van der Waals surface area contributed by atoms with E-state index in [2.05, 4.69) is 0 Å². The first-order valence-corrected chi connectivity index (χ1v) is 12.5. The van der Waals surface area contributed by atoms with E-state index in [1.54, 1.807) is 0 Å². The molecule has 0 bridgehead atoms. The summed E-state index contributed by atoms with van der Waals surface area (Å²) in [6, 6.07) is 0. The molecule has 0 heterocycles. The van der Waals surface area contributed by atoms with Gasteiger partial charge in [-0.15, -0.1) is 0 Å². The van der Waals surface area contributed by atoms with Gasteiger partial charge < -0.3 is 27.9 Å². The minimum absolute atomic E-state index is 0.394. The van der Waals surface area contributed by atoms with Crippen molar-refractivity contribution in [2.45, 2.75) is 27.7 Å². The monoisotopic (exact) mass is 404 g/mol. The Hall–Kier alpha value is 1.25. The highest BCUT2D eigenvalue weighted by Crippen LogP contribution is 2.66. The van der Waals surface area contributed by atoms with Crippen molar-refractivity contribution in [1.82, 2.24) is 0 Å². The molecular formula is C8H23O8P3S2. The van der Waals surface area contributed by atoms with E-state index >= 15 is 0 Å². The molecule has 0 aliphatic heterocycles. The molecule has 0 amide bonds. The fourth-order valence-corrected chi connectivity index (χ4v) is 7.30. The normalized spacial score (nSPS) is 12.1. The Bertz CT molecular complexity index is 329. The summed E-state index contributed by atoms with van der Waals surface area (Å²) in [5.74, 6) is 0. The minimum Gasteiger partial charge on any atom is -0.326 e. The maximum absolute atomic E-state index is 8.74. The molecule has 21 heavy (non-hydrogen) atoms. The number of hydrogen-bond donors (Lipinski definition) is 2. The molecule has 0 saturated carbocycles. The Morgan fingerprint density at radius 3 is 1.14 bits per heavy atom. The smallest absolute Gasteiger partial charge is 0.326 e. The molecule has 0 rings (SSSR count). The lowest BCUT2D eigenvalue weighted by atomic mass is 10.9. The van der Waals surface area contributed by atoms with E-state index in [9.17, 15) is 0 Å². The minimum atomic E-state index is -3.13. The van der Waals surface area contributed by atoms with Crippen LogP contribution in [0.2, 0.25) is 0 Å². The van der Waals surface area contributed by atoms with Crippen LogP contribution in [0.4, 0.5) is 0 Å². The summed E-state index contributed by atoms with van der Waals surface area (Å²) in [5.41, 5.74) is 0. The van der Waals surface area contributed by atoms with Crippen LogP contribution in [0.5, 0.6) is 0 Å². The van der Waals surface area contributed by atoms with Crippen molar-refractivity contribution in [2.24, 2.45) is 0 Å². The topological polar surface area (TPSA) is 104 Å². The first kappa shape index (κ1) is 24.5. The van der Waals surface area contributed by atoms with Crippen molar-refractivity contribution < 1.29 is 36.8 Å². The summed E-state index contributed by atoms with van der Waals surface area (Å²) < 4.78 is 35.7. The molecule has 0 aromatic heterocycles. The van der Waals surface area contributed by atoms with Gasteiger partial charge in [-0.2, -0.15) is 0 Å². The number of hydrogen-bond acceptors (Lipinski definition) is 8. The molecule has 0 aromatic carbocycles. The van der Waals surface area contributed by atoms with Gasteiger partial charge in [0.05, 0.1) is 26.4 Å². The van der Waals surface area contributed by atoms with Crippen molar-refractivity contribution in [3.05, 3.63) is 0 Å². The summed E-state index contributed by atoms with van der Waals surface area (Å²) in [6.07, 6.45) is 0. The maximum Gasteiger partial charge on any atom is 0.334 e. The summed E-state index contributed by atoms with van der Waals surface area (Å²) >= 11 is 10.4. The molecule has 0 spiro atoms. The molecule has 0 saturated heterocycles. The zero-order chi connectivity index (χ0) is 16.9. The summed E-state index contributed by atoms with van der Waals surface area (Å²) in [6.45, 7) is 3.09. The third-order valence-electron chi connectivity index (χ3n) is 1.35. The molecule has 2 N–H and O–H groups in total. The summed E-state index contributed by atoms with van der Waals surface area (Å²) in [5, 5.41) is 0. The predicted molar refractivity (Wildman–Crippen MR) is 89.6 cm³/mol. The van der Waals surface area contributed by atoms with Crippen LogP contribution in [0.1, 0.15) is 27.7 Å². The van der Waals surface area contributed by atoms with Gasteiger partial charge in [0.2, 0.25) is 0 Å². The van der Waals surface area contributed by atoms with Crippen LogP contribution in [0.15, 0.2) is 0 Å².